The Morgan fingerprint density at radius 2 is 2.16 bits per heavy atom. The van der Waals surface area contributed by atoms with E-state index in [1.807, 2.05) is 0 Å². The molecule has 2 aliphatic heterocycles. The van der Waals surface area contributed by atoms with Gasteiger partial charge in [-0.25, -0.2) is 4.98 Å². The SMILES string of the molecule is CC(C)(C(=O)O)c1cnc(NC[C@H]2CCCO2)nc1N1CCOCC1. The predicted molar refractivity (Wildman–Crippen MR) is 93.2 cm³/mol. The Hall–Kier alpha value is -1.93. The summed E-state index contributed by atoms with van der Waals surface area (Å²) in [5, 5.41) is 12.8. The molecule has 0 unspecified atom stereocenters. The lowest BCUT2D eigenvalue weighted by Gasteiger charge is -2.32. The molecule has 0 spiro atoms. The zero-order chi connectivity index (χ0) is 17.9. The summed E-state index contributed by atoms with van der Waals surface area (Å²) >= 11 is 0. The molecule has 3 rings (SSSR count). The van der Waals surface area contributed by atoms with Crippen molar-refractivity contribution in [2.24, 2.45) is 0 Å². The fourth-order valence-corrected chi connectivity index (χ4v) is 3.04. The summed E-state index contributed by atoms with van der Waals surface area (Å²) in [6.07, 6.45) is 3.93. The molecule has 1 atom stereocenters. The molecule has 0 radical (unpaired) electrons. The van der Waals surface area contributed by atoms with Crippen LogP contribution in [0.3, 0.4) is 0 Å². The third kappa shape index (κ3) is 4.01. The lowest BCUT2D eigenvalue weighted by Crippen LogP contribution is -2.40. The van der Waals surface area contributed by atoms with Gasteiger partial charge in [-0.05, 0) is 26.7 Å². The van der Waals surface area contributed by atoms with E-state index >= 15 is 0 Å². The van der Waals surface area contributed by atoms with Crippen LogP contribution < -0.4 is 10.2 Å². The molecule has 0 aliphatic carbocycles. The maximum atomic E-state index is 11.7. The van der Waals surface area contributed by atoms with Crippen molar-refractivity contribution in [2.45, 2.75) is 38.2 Å². The molecule has 8 heteroatoms. The highest BCUT2D eigenvalue weighted by Crippen LogP contribution is 2.32. The lowest BCUT2D eigenvalue weighted by molar-refractivity contribution is -0.142. The molecule has 0 bridgehead atoms. The van der Waals surface area contributed by atoms with Crippen molar-refractivity contribution in [3.8, 4) is 0 Å². The third-order valence-corrected chi connectivity index (χ3v) is 4.80. The molecule has 2 fully saturated rings. The van der Waals surface area contributed by atoms with E-state index in [4.69, 9.17) is 9.47 Å². The van der Waals surface area contributed by atoms with Crippen LogP contribution in [0.4, 0.5) is 11.8 Å². The fourth-order valence-electron chi connectivity index (χ4n) is 3.04. The van der Waals surface area contributed by atoms with Gasteiger partial charge in [0, 0.05) is 38.0 Å². The average Bonchev–Trinajstić information content (AvgIpc) is 3.14. The number of nitrogens with zero attached hydrogens (tertiary/aromatic N) is 3. The quantitative estimate of drug-likeness (QED) is 0.792. The van der Waals surface area contributed by atoms with Crippen LogP contribution in [0.2, 0.25) is 0 Å². The fraction of sp³-hybridized carbons (Fsp3) is 0.706. The van der Waals surface area contributed by atoms with Gasteiger partial charge in [-0.2, -0.15) is 4.98 Å². The number of anilines is 2. The van der Waals surface area contributed by atoms with Crippen molar-refractivity contribution in [3.63, 3.8) is 0 Å². The Kier molecular flexibility index (Phi) is 5.39. The third-order valence-electron chi connectivity index (χ3n) is 4.80. The number of hydrogen-bond donors (Lipinski definition) is 2. The van der Waals surface area contributed by atoms with Gasteiger partial charge in [0.05, 0.1) is 24.7 Å². The first-order valence-corrected chi connectivity index (χ1v) is 8.77. The molecule has 8 nitrogen and oxygen atoms in total. The van der Waals surface area contributed by atoms with Gasteiger partial charge in [-0.1, -0.05) is 0 Å². The van der Waals surface area contributed by atoms with Gasteiger partial charge in [-0.15, -0.1) is 0 Å². The smallest absolute Gasteiger partial charge is 0.313 e. The summed E-state index contributed by atoms with van der Waals surface area (Å²) in [6, 6.07) is 0. The van der Waals surface area contributed by atoms with Crippen molar-refractivity contribution >= 4 is 17.7 Å². The van der Waals surface area contributed by atoms with E-state index in [0.717, 1.165) is 19.4 Å². The topological polar surface area (TPSA) is 96.8 Å². The minimum Gasteiger partial charge on any atom is -0.481 e. The summed E-state index contributed by atoms with van der Waals surface area (Å²) in [6.45, 7) is 7.40. The molecule has 2 aliphatic rings. The van der Waals surface area contributed by atoms with Crippen molar-refractivity contribution < 1.29 is 19.4 Å². The van der Waals surface area contributed by atoms with Crippen LogP contribution >= 0.6 is 0 Å². The number of aliphatic carboxylic acids is 1. The Balaban J connectivity index is 1.85. The van der Waals surface area contributed by atoms with E-state index in [9.17, 15) is 9.90 Å². The standard InChI is InChI=1S/C17H26N4O4/c1-17(2,15(22)23)13-11-19-16(18-10-12-4-3-7-25-12)20-14(13)21-5-8-24-9-6-21/h11-12H,3-10H2,1-2H3,(H,22,23)(H,18,19,20)/t12-/m1/s1. The Morgan fingerprint density at radius 1 is 1.40 bits per heavy atom. The van der Waals surface area contributed by atoms with E-state index in [1.54, 1.807) is 20.0 Å². The van der Waals surface area contributed by atoms with Crippen LogP contribution in [0.1, 0.15) is 32.3 Å². The van der Waals surface area contributed by atoms with Gasteiger partial charge in [-0.3, -0.25) is 4.79 Å². The number of nitrogens with one attached hydrogen (secondary N) is 1. The van der Waals surface area contributed by atoms with Crippen LogP contribution in [0.5, 0.6) is 0 Å². The Labute approximate surface area is 147 Å². The molecule has 0 saturated carbocycles. The molecular weight excluding hydrogens is 324 g/mol. The minimum absolute atomic E-state index is 0.186. The summed E-state index contributed by atoms with van der Waals surface area (Å²) in [5.74, 6) is 0.271. The number of rotatable bonds is 6. The second-order valence-electron chi connectivity index (χ2n) is 6.98. The molecule has 2 saturated heterocycles. The lowest BCUT2D eigenvalue weighted by atomic mass is 9.85. The highest BCUT2D eigenvalue weighted by atomic mass is 16.5. The molecule has 138 valence electrons. The number of aromatic nitrogens is 2. The predicted octanol–water partition coefficient (Wildman–Crippen LogP) is 1.27. The normalized spacial score (nSPS) is 21.4. The number of morpholine rings is 1. The second-order valence-corrected chi connectivity index (χ2v) is 6.98. The van der Waals surface area contributed by atoms with Gasteiger partial charge in [0.1, 0.15) is 5.82 Å². The number of carboxylic acids is 1. The average molecular weight is 350 g/mol. The van der Waals surface area contributed by atoms with Crippen LogP contribution in [-0.4, -0.2) is 66.6 Å². The molecule has 1 aromatic heterocycles. The zero-order valence-electron chi connectivity index (χ0n) is 14.8. The van der Waals surface area contributed by atoms with E-state index < -0.39 is 11.4 Å². The van der Waals surface area contributed by atoms with Crippen LogP contribution in [0.25, 0.3) is 0 Å². The highest BCUT2D eigenvalue weighted by Gasteiger charge is 2.35. The first-order valence-electron chi connectivity index (χ1n) is 8.77. The Bertz CT molecular complexity index is 611. The highest BCUT2D eigenvalue weighted by molar-refractivity contribution is 5.82. The molecule has 0 aromatic carbocycles. The molecule has 2 N–H and O–H groups in total. The largest absolute Gasteiger partial charge is 0.481 e. The first kappa shape index (κ1) is 17.9. The van der Waals surface area contributed by atoms with Crippen LogP contribution in [-0.2, 0) is 19.7 Å². The molecule has 0 amide bonds. The number of carboxylic acid groups (broad SMARTS) is 1. The van der Waals surface area contributed by atoms with Gasteiger partial charge < -0.3 is 24.8 Å². The van der Waals surface area contributed by atoms with Crippen molar-refractivity contribution in [2.75, 3.05) is 49.7 Å². The number of ether oxygens (including phenoxy) is 2. The monoisotopic (exact) mass is 350 g/mol. The maximum Gasteiger partial charge on any atom is 0.313 e. The molecule has 1 aromatic rings. The summed E-state index contributed by atoms with van der Waals surface area (Å²) < 4.78 is 11.0. The van der Waals surface area contributed by atoms with Gasteiger partial charge >= 0.3 is 5.97 Å². The molecule has 25 heavy (non-hydrogen) atoms. The van der Waals surface area contributed by atoms with Crippen LogP contribution in [0, 0.1) is 0 Å². The second kappa shape index (κ2) is 7.53. The Morgan fingerprint density at radius 3 is 2.80 bits per heavy atom. The van der Waals surface area contributed by atoms with Gasteiger partial charge in [0.25, 0.3) is 0 Å². The summed E-state index contributed by atoms with van der Waals surface area (Å²) in [4.78, 5) is 22.8. The number of carbonyl (C=O) groups is 1. The van der Waals surface area contributed by atoms with Gasteiger partial charge in [0.2, 0.25) is 5.95 Å². The minimum atomic E-state index is -1.07. The zero-order valence-corrected chi connectivity index (χ0v) is 14.8. The number of hydrogen-bond acceptors (Lipinski definition) is 7. The maximum absolute atomic E-state index is 11.7. The van der Waals surface area contributed by atoms with E-state index in [0.29, 0.717) is 50.2 Å². The van der Waals surface area contributed by atoms with Crippen LogP contribution in [0.15, 0.2) is 6.20 Å². The van der Waals surface area contributed by atoms with Crippen molar-refractivity contribution in [1.82, 2.24) is 9.97 Å². The first-order chi connectivity index (χ1) is 12.0. The summed E-state index contributed by atoms with van der Waals surface area (Å²) in [7, 11) is 0. The molecular formula is C17H26N4O4. The van der Waals surface area contributed by atoms with E-state index in [1.165, 1.54) is 0 Å². The molecule has 3 heterocycles. The van der Waals surface area contributed by atoms with E-state index in [-0.39, 0.29) is 6.10 Å². The van der Waals surface area contributed by atoms with Crippen molar-refractivity contribution in [1.29, 1.82) is 0 Å². The van der Waals surface area contributed by atoms with E-state index in [2.05, 4.69) is 20.2 Å². The summed E-state index contributed by atoms with van der Waals surface area (Å²) in [5.41, 5.74) is -0.453. The van der Waals surface area contributed by atoms with Gasteiger partial charge in [0.15, 0.2) is 0 Å². The van der Waals surface area contributed by atoms with Crippen molar-refractivity contribution in [3.05, 3.63) is 11.8 Å².